The van der Waals surface area contributed by atoms with Crippen LogP contribution < -0.4 is 4.90 Å². The van der Waals surface area contributed by atoms with Crippen molar-refractivity contribution in [2.75, 3.05) is 11.4 Å². The van der Waals surface area contributed by atoms with Crippen LogP contribution >= 0.6 is 0 Å². The predicted octanol–water partition coefficient (Wildman–Crippen LogP) is 3.48. The van der Waals surface area contributed by atoms with E-state index in [1.165, 1.54) is 6.08 Å². The predicted molar refractivity (Wildman–Crippen MR) is 89.4 cm³/mol. The number of para-hydroxylation sites is 1. The van der Waals surface area contributed by atoms with Gasteiger partial charge < -0.3 is 4.90 Å². The maximum atomic E-state index is 13.3. The molecule has 0 bridgehead atoms. The van der Waals surface area contributed by atoms with Crippen molar-refractivity contribution in [3.8, 4) is 12.1 Å². The van der Waals surface area contributed by atoms with Crippen molar-refractivity contribution in [2.45, 2.75) is 25.2 Å². The van der Waals surface area contributed by atoms with Gasteiger partial charge in [0.05, 0.1) is 12.1 Å². The Morgan fingerprint density at radius 3 is 2.43 bits per heavy atom. The Balaban J connectivity index is 2.88. The van der Waals surface area contributed by atoms with Crippen LogP contribution in [-0.4, -0.2) is 12.5 Å². The quantitative estimate of drug-likeness (QED) is 0.756. The first-order valence-electron chi connectivity index (χ1n) is 7.54. The van der Waals surface area contributed by atoms with Crippen LogP contribution in [0.5, 0.6) is 0 Å². The number of rotatable bonds is 6. The standard InChI is InChI=1S/C19H19N3O/c1-4-11-18(13-20,14-21)19(12-5-2)15-9-7-8-10-16(15)22(6-3)17(19)23/h4-5,7-10H,1-2,6,11-12H2,3H3. The molecule has 4 nitrogen and oxygen atoms in total. The maximum absolute atomic E-state index is 13.3. The smallest absolute Gasteiger partial charge is 0.240 e. The Morgan fingerprint density at radius 1 is 1.26 bits per heavy atom. The van der Waals surface area contributed by atoms with Crippen molar-refractivity contribution in [3.63, 3.8) is 0 Å². The highest BCUT2D eigenvalue weighted by atomic mass is 16.2. The molecule has 2 rings (SSSR count). The summed E-state index contributed by atoms with van der Waals surface area (Å²) in [6.45, 7) is 9.79. The molecule has 0 aliphatic carbocycles. The lowest BCUT2D eigenvalue weighted by atomic mass is 9.58. The van der Waals surface area contributed by atoms with Gasteiger partial charge in [0.1, 0.15) is 5.41 Å². The molecule has 1 unspecified atom stereocenters. The highest BCUT2D eigenvalue weighted by molar-refractivity contribution is 6.09. The van der Waals surface area contributed by atoms with Gasteiger partial charge in [0.25, 0.3) is 0 Å². The SMILES string of the molecule is C=CCC(C#N)(C#N)C1(CC=C)C(=O)N(CC)c2ccccc21. The topological polar surface area (TPSA) is 67.9 Å². The Hall–Kier alpha value is -2.85. The van der Waals surface area contributed by atoms with Crippen molar-refractivity contribution in [1.82, 2.24) is 0 Å². The monoisotopic (exact) mass is 305 g/mol. The lowest BCUT2D eigenvalue weighted by Crippen LogP contribution is -2.51. The molecular weight excluding hydrogens is 286 g/mol. The number of likely N-dealkylation sites (N-methyl/N-ethyl adjacent to an activating group) is 1. The van der Waals surface area contributed by atoms with Gasteiger partial charge in [-0.05, 0) is 31.4 Å². The third-order valence-corrected chi connectivity index (χ3v) is 4.59. The zero-order valence-electron chi connectivity index (χ0n) is 13.2. The Morgan fingerprint density at radius 2 is 1.91 bits per heavy atom. The van der Waals surface area contributed by atoms with Gasteiger partial charge in [-0.25, -0.2) is 0 Å². The fourth-order valence-corrected chi connectivity index (χ4v) is 3.54. The molecular formula is C19H19N3O. The fourth-order valence-electron chi connectivity index (χ4n) is 3.54. The summed E-state index contributed by atoms with van der Waals surface area (Å²) >= 11 is 0. The summed E-state index contributed by atoms with van der Waals surface area (Å²) in [6.07, 6.45) is 3.49. The number of carbonyl (C=O) groups excluding carboxylic acids is 1. The molecule has 1 aromatic rings. The Labute approximate surface area is 136 Å². The number of carbonyl (C=O) groups is 1. The summed E-state index contributed by atoms with van der Waals surface area (Å²) in [7, 11) is 0. The van der Waals surface area contributed by atoms with Crippen LogP contribution in [0.2, 0.25) is 0 Å². The summed E-state index contributed by atoms with van der Waals surface area (Å²) in [6, 6.07) is 11.6. The van der Waals surface area contributed by atoms with Crippen LogP contribution in [0.25, 0.3) is 0 Å². The summed E-state index contributed by atoms with van der Waals surface area (Å²) in [5, 5.41) is 19.7. The second-order valence-corrected chi connectivity index (χ2v) is 5.59. The van der Waals surface area contributed by atoms with E-state index in [-0.39, 0.29) is 18.7 Å². The van der Waals surface area contributed by atoms with Crippen molar-refractivity contribution in [3.05, 3.63) is 55.1 Å². The number of allylic oxidation sites excluding steroid dienone is 2. The molecule has 0 N–H and O–H groups in total. The van der Waals surface area contributed by atoms with E-state index in [0.29, 0.717) is 6.54 Å². The molecule has 0 aromatic heterocycles. The molecule has 1 aliphatic rings. The molecule has 0 saturated carbocycles. The van der Waals surface area contributed by atoms with Crippen molar-refractivity contribution in [2.24, 2.45) is 5.41 Å². The van der Waals surface area contributed by atoms with E-state index in [1.54, 1.807) is 11.0 Å². The van der Waals surface area contributed by atoms with Crippen molar-refractivity contribution in [1.29, 1.82) is 10.5 Å². The van der Waals surface area contributed by atoms with E-state index < -0.39 is 10.8 Å². The number of benzene rings is 1. The second kappa shape index (κ2) is 6.10. The molecule has 1 aromatic carbocycles. The molecule has 23 heavy (non-hydrogen) atoms. The maximum Gasteiger partial charge on any atom is 0.240 e. The van der Waals surface area contributed by atoms with Gasteiger partial charge in [0.2, 0.25) is 5.91 Å². The van der Waals surface area contributed by atoms with E-state index in [9.17, 15) is 15.3 Å². The highest BCUT2D eigenvalue weighted by Gasteiger charge is 2.63. The lowest BCUT2D eigenvalue weighted by Gasteiger charge is -2.37. The highest BCUT2D eigenvalue weighted by Crippen LogP contribution is 2.55. The normalized spacial score (nSPS) is 19.6. The first-order valence-corrected chi connectivity index (χ1v) is 7.54. The van der Waals surface area contributed by atoms with Crippen LogP contribution in [0.1, 0.15) is 25.3 Å². The molecule has 0 fully saturated rings. The average molecular weight is 305 g/mol. The summed E-state index contributed by atoms with van der Waals surface area (Å²) in [5.74, 6) is -0.217. The first kappa shape index (κ1) is 16.5. The third-order valence-electron chi connectivity index (χ3n) is 4.59. The molecule has 116 valence electrons. The first-order chi connectivity index (χ1) is 11.1. The molecule has 1 aliphatic heterocycles. The van der Waals surface area contributed by atoms with Gasteiger partial charge in [-0.1, -0.05) is 30.4 Å². The van der Waals surface area contributed by atoms with Gasteiger partial charge >= 0.3 is 0 Å². The lowest BCUT2D eigenvalue weighted by molar-refractivity contribution is -0.125. The molecule has 1 atom stereocenters. The van der Waals surface area contributed by atoms with Crippen LogP contribution in [0, 0.1) is 28.1 Å². The van der Waals surface area contributed by atoms with Gasteiger partial charge in [-0.15, -0.1) is 13.2 Å². The van der Waals surface area contributed by atoms with Crippen LogP contribution in [0.15, 0.2) is 49.6 Å². The largest absolute Gasteiger partial charge is 0.312 e. The van der Waals surface area contributed by atoms with Crippen LogP contribution in [0.3, 0.4) is 0 Å². The third kappa shape index (κ3) is 1.99. The zero-order valence-corrected chi connectivity index (χ0v) is 13.2. The van der Waals surface area contributed by atoms with E-state index in [4.69, 9.17) is 0 Å². The number of fused-ring (bicyclic) bond motifs is 1. The number of anilines is 1. The minimum atomic E-state index is -1.51. The van der Waals surface area contributed by atoms with Crippen molar-refractivity contribution >= 4 is 11.6 Å². The fraction of sp³-hybridized carbons (Fsp3) is 0.316. The minimum Gasteiger partial charge on any atom is -0.312 e. The summed E-state index contributed by atoms with van der Waals surface area (Å²) in [5.41, 5.74) is -1.28. The van der Waals surface area contributed by atoms with Crippen molar-refractivity contribution < 1.29 is 4.79 Å². The zero-order chi connectivity index (χ0) is 17.1. The number of nitriles is 2. The number of nitrogens with zero attached hydrogens (tertiary/aromatic N) is 3. The summed E-state index contributed by atoms with van der Waals surface area (Å²) < 4.78 is 0. The number of amides is 1. The minimum absolute atomic E-state index is 0.117. The van der Waals surface area contributed by atoms with E-state index in [0.717, 1.165) is 11.3 Å². The summed E-state index contributed by atoms with van der Waals surface area (Å²) in [4.78, 5) is 14.9. The molecule has 1 amide bonds. The Bertz CT molecular complexity index is 724. The van der Waals surface area contributed by atoms with E-state index in [1.807, 2.05) is 31.2 Å². The second-order valence-electron chi connectivity index (χ2n) is 5.59. The molecule has 1 heterocycles. The van der Waals surface area contributed by atoms with Crippen LogP contribution in [-0.2, 0) is 10.2 Å². The average Bonchev–Trinajstić information content (AvgIpc) is 2.82. The van der Waals surface area contributed by atoms with Crippen LogP contribution in [0.4, 0.5) is 5.69 Å². The van der Waals surface area contributed by atoms with Gasteiger partial charge in [0, 0.05) is 12.2 Å². The number of hydrogen-bond donors (Lipinski definition) is 0. The van der Waals surface area contributed by atoms with E-state index in [2.05, 4.69) is 25.3 Å². The molecule has 4 heteroatoms. The molecule has 0 saturated heterocycles. The van der Waals surface area contributed by atoms with Gasteiger partial charge in [0.15, 0.2) is 5.41 Å². The molecule has 0 spiro atoms. The van der Waals surface area contributed by atoms with Gasteiger partial charge in [-0.3, -0.25) is 4.79 Å². The Kier molecular flexibility index (Phi) is 4.38. The van der Waals surface area contributed by atoms with E-state index >= 15 is 0 Å². The van der Waals surface area contributed by atoms with Gasteiger partial charge in [-0.2, -0.15) is 10.5 Å². The number of hydrogen-bond acceptors (Lipinski definition) is 3. The molecule has 0 radical (unpaired) electrons.